The first-order valence-electron chi connectivity index (χ1n) is 9.41. The second kappa shape index (κ2) is 6.19. The minimum atomic E-state index is -2.92. The summed E-state index contributed by atoms with van der Waals surface area (Å²) in [5.41, 5.74) is 8.38. The van der Waals surface area contributed by atoms with Crippen molar-refractivity contribution in [2.45, 2.75) is 31.0 Å². The lowest BCUT2D eigenvalue weighted by Crippen LogP contribution is -2.72. The number of ketones is 4. The van der Waals surface area contributed by atoms with Gasteiger partial charge in [0.2, 0.25) is 5.91 Å². The molecule has 7 atom stereocenters. The van der Waals surface area contributed by atoms with E-state index in [0.717, 1.165) is 0 Å². The third-order valence-electron chi connectivity index (χ3n) is 6.87. The number of aliphatic hydroxyl groups excluding tert-OH is 1. The Morgan fingerprint density at radius 3 is 2.40 bits per heavy atom. The van der Waals surface area contributed by atoms with Gasteiger partial charge in [0.1, 0.15) is 5.75 Å². The molecule has 1 aromatic rings. The molecule has 0 spiro atoms. The van der Waals surface area contributed by atoms with E-state index >= 15 is 0 Å². The zero-order valence-corrected chi connectivity index (χ0v) is 15.9. The molecule has 1 aromatic carbocycles. The number of amides is 1. The molecule has 7 N–H and O–H groups in total. The van der Waals surface area contributed by atoms with E-state index in [4.69, 9.17) is 11.5 Å². The molecular weight excluding hydrogens is 396 g/mol. The Hall–Kier alpha value is -3.11. The predicted octanol–water partition coefficient (Wildman–Crippen LogP) is -1.56. The van der Waals surface area contributed by atoms with Crippen LogP contribution in [0.25, 0.3) is 0 Å². The Labute approximate surface area is 169 Å². The standard InChI is InChI=1S/C20H20N2O8/c1-5-10-7(21)2-3-8(23)12(10)16(26)14-11(5)15(25)6-4-9(24)13(19(22)29)17(27)20(6,30)18(14)28/h2-3,5-6,11,13-15,23,25,30H,4,21H2,1H3,(H2,22,29)/t5-,6+,11+,13?,14?,15+,20+/m0/s1. The van der Waals surface area contributed by atoms with Gasteiger partial charge in [-0.3, -0.25) is 24.0 Å². The lowest BCUT2D eigenvalue weighted by atomic mass is 9.50. The van der Waals surface area contributed by atoms with Crippen LogP contribution in [-0.2, 0) is 19.2 Å². The van der Waals surface area contributed by atoms with Crippen LogP contribution >= 0.6 is 0 Å². The van der Waals surface area contributed by atoms with Crippen LogP contribution in [0.5, 0.6) is 5.75 Å². The number of benzene rings is 1. The summed E-state index contributed by atoms with van der Waals surface area (Å²) in [4.78, 5) is 63.3. The third kappa shape index (κ3) is 2.23. The molecule has 3 aliphatic carbocycles. The lowest BCUT2D eigenvalue weighted by Gasteiger charge is -2.52. The number of primary amides is 1. The number of hydrogen-bond donors (Lipinski definition) is 5. The SMILES string of the molecule is C[C@H]1c2c(N)ccc(O)c2C(=O)C2C(=O)[C@]3(O)C(=O)C(C(N)=O)C(=O)C[C@@H]3[C@@H](O)[C@@H]21. The van der Waals surface area contributed by atoms with Crippen molar-refractivity contribution < 1.29 is 39.3 Å². The maximum Gasteiger partial charge on any atom is 0.235 e. The fourth-order valence-corrected chi connectivity index (χ4v) is 5.47. The van der Waals surface area contributed by atoms with Crippen LogP contribution < -0.4 is 11.5 Å². The van der Waals surface area contributed by atoms with E-state index in [-0.39, 0.29) is 16.8 Å². The first kappa shape index (κ1) is 20.2. The molecule has 158 valence electrons. The van der Waals surface area contributed by atoms with Gasteiger partial charge < -0.3 is 26.8 Å². The maximum atomic E-state index is 13.3. The van der Waals surface area contributed by atoms with Crippen molar-refractivity contribution in [3.8, 4) is 5.75 Å². The van der Waals surface area contributed by atoms with Gasteiger partial charge in [0.15, 0.2) is 34.7 Å². The number of aromatic hydroxyl groups is 1. The highest BCUT2D eigenvalue weighted by Crippen LogP contribution is 2.54. The van der Waals surface area contributed by atoms with Crippen molar-refractivity contribution in [1.29, 1.82) is 0 Å². The maximum absolute atomic E-state index is 13.3. The number of Topliss-reactive ketones (excluding diaryl/α,β-unsaturated/α-hetero) is 4. The summed E-state index contributed by atoms with van der Waals surface area (Å²) in [5.74, 6) is -13.2. The zero-order chi connectivity index (χ0) is 22.3. The van der Waals surface area contributed by atoms with E-state index in [0.29, 0.717) is 0 Å². The number of carbonyl (C=O) groups excluding carboxylic acids is 5. The van der Waals surface area contributed by atoms with Gasteiger partial charge in [-0.25, -0.2) is 0 Å². The summed E-state index contributed by atoms with van der Waals surface area (Å²) < 4.78 is 0. The molecule has 2 unspecified atom stereocenters. The summed E-state index contributed by atoms with van der Waals surface area (Å²) in [7, 11) is 0. The molecule has 0 radical (unpaired) electrons. The lowest BCUT2D eigenvalue weighted by molar-refractivity contribution is -0.189. The van der Waals surface area contributed by atoms with Crippen LogP contribution in [0.2, 0.25) is 0 Å². The molecule has 0 saturated heterocycles. The fourth-order valence-electron chi connectivity index (χ4n) is 5.47. The number of rotatable bonds is 1. The van der Waals surface area contributed by atoms with Crippen LogP contribution in [0, 0.1) is 23.7 Å². The van der Waals surface area contributed by atoms with Crippen LogP contribution in [0.1, 0.15) is 35.2 Å². The number of fused-ring (bicyclic) bond motifs is 3. The average Bonchev–Trinajstić information content (AvgIpc) is 2.66. The summed E-state index contributed by atoms with van der Waals surface area (Å²) in [6.07, 6.45) is -2.23. The number of phenols is 1. The number of carbonyl (C=O) groups is 5. The molecule has 0 aliphatic heterocycles. The second-order valence-corrected chi connectivity index (χ2v) is 8.27. The molecule has 0 aromatic heterocycles. The quantitative estimate of drug-likeness (QED) is 0.204. The minimum Gasteiger partial charge on any atom is -0.507 e. The number of hydrogen-bond acceptors (Lipinski definition) is 9. The summed E-state index contributed by atoms with van der Waals surface area (Å²) in [5, 5.41) is 32.3. The van der Waals surface area contributed by atoms with E-state index < -0.39 is 82.5 Å². The zero-order valence-electron chi connectivity index (χ0n) is 15.9. The molecule has 4 rings (SSSR count). The molecule has 10 heteroatoms. The number of phenolic OH excluding ortho intramolecular Hbond substituents is 1. The summed E-state index contributed by atoms with van der Waals surface area (Å²) >= 11 is 0. The van der Waals surface area contributed by atoms with Gasteiger partial charge in [-0.1, -0.05) is 6.92 Å². The fraction of sp³-hybridized carbons (Fsp3) is 0.450. The van der Waals surface area contributed by atoms with Crippen molar-refractivity contribution in [3.63, 3.8) is 0 Å². The van der Waals surface area contributed by atoms with Gasteiger partial charge in [0, 0.05) is 23.9 Å². The first-order chi connectivity index (χ1) is 13.9. The van der Waals surface area contributed by atoms with E-state index in [9.17, 15) is 39.3 Å². The van der Waals surface area contributed by atoms with E-state index in [1.165, 1.54) is 12.1 Å². The molecule has 3 aliphatic rings. The van der Waals surface area contributed by atoms with Gasteiger partial charge in [0.05, 0.1) is 17.6 Å². The second-order valence-electron chi connectivity index (χ2n) is 8.27. The predicted molar refractivity (Wildman–Crippen MR) is 99.0 cm³/mol. The van der Waals surface area contributed by atoms with E-state index in [2.05, 4.69) is 0 Å². The Morgan fingerprint density at radius 2 is 1.80 bits per heavy atom. The molecule has 2 saturated carbocycles. The Morgan fingerprint density at radius 1 is 1.17 bits per heavy atom. The van der Waals surface area contributed by atoms with Crippen molar-refractivity contribution in [1.82, 2.24) is 0 Å². The molecule has 10 nitrogen and oxygen atoms in total. The number of anilines is 1. The van der Waals surface area contributed by atoms with Crippen LogP contribution in [0.15, 0.2) is 12.1 Å². The smallest absolute Gasteiger partial charge is 0.235 e. The van der Waals surface area contributed by atoms with Crippen LogP contribution in [0.3, 0.4) is 0 Å². The number of aliphatic hydroxyl groups is 2. The molecule has 0 bridgehead atoms. The minimum absolute atomic E-state index is 0.173. The van der Waals surface area contributed by atoms with Gasteiger partial charge in [-0.15, -0.1) is 0 Å². The topological polar surface area (TPSA) is 198 Å². The van der Waals surface area contributed by atoms with Crippen molar-refractivity contribution in [2.75, 3.05) is 5.73 Å². The highest BCUT2D eigenvalue weighted by molar-refractivity contribution is 6.31. The third-order valence-corrected chi connectivity index (χ3v) is 6.87. The monoisotopic (exact) mass is 416 g/mol. The molecule has 1 amide bonds. The highest BCUT2D eigenvalue weighted by Gasteiger charge is 2.69. The van der Waals surface area contributed by atoms with Crippen molar-refractivity contribution in [2.24, 2.45) is 29.4 Å². The Bertz CT molecular complexity index is 1050. The summed E-state index contributed by atoms with van der Waals surface area (Å²) in [6, 6.07) is 2.57. The Kier molecular flexibility index (Phi) is 4.16. The molecule has 2 fully saturated rings. The van der Waals surface area contributed by atoms with Crippen LogP contribution in [0.4, 0.5) is 5.69 Å². The highest BCUT2D eigenvalue weighted by atomic mass is 16.3. The van der Waals surface area contributed by atoms with Gasteiger partial charge in [0.25, 0.3) is 0 Å². The van der Waals surface area contributed by atoms with Crippen molar-refractivity contribution in [3.05, 3.63) is 23.3 Å². The van der Waals surface area contributed by atoms with E-state index in [1.807, 2.05) is 0 Å². The van der Waals surface area contributed by atoms with Crippen molar-refractivity contribution >= 4 is 34.7 Å². The van der Waals surface area contributed by atoms with Gasteiger partial charge in [-0.2, -0.15) is 0 Å². The van der Waals surface area contributed by atoms with Gasteiger partial charge in [-0.05, 0) is 23.6 Å². The molecule has 30 heavy (non-hydrogen) atoms. The van der Waals surface area contributed by atoms with Gasteiger partial charge >= 0.3 is 0 Å². The summed E-state index contributed by atoms with van der Waals surface area (Å²) in [6.45, 7) is 1.60. The largest absolute Gasteiger partial charge is 0.507 e. The molecule has 0 heterocycles. The normalized spacial score (nSPS) is 38.0. The Balaban J connectivity index is 1.92. The molecular formula is C20H20N2O8. The van der Waals surface area contributed by atoms with E-state index in [1.54, 1.807) is 6.92 Å². The first-order valence-corrected chi connectivity index (χ1v) is 9.41. The number of nitrogen functional groups attached to an aromatic ring is 1. The number of nitrogens with two attached hydrogens (primary N) is 2. The average molecular weight is 416 g/mol. The van der Waals surface area contributed by atoms with Crippen LogP contribution in [-0.4, -0.2) is 56.1 Å².